The minimum absolute atomic E-state index is 0.00450. The Kier molecular flexibility index (Phi) is 6.19. The standard InChI is InChI=1S/C22H25F3N6OS/c1-30(2)16-5-4-8-22(24,25)18(16)31(3)21-14(23)10-13(19(26)32)20(29-21)28-12-6-7-15-17(9-12)33-11-27-15/h6-7,9-11,16,18H,4-5,8H2,1-3H3,(H2,26,32)(H,28,29). The maximum atomic E-state index is 15.1. The monoisotopic (exact) mass is 478 g/mol. The predicted molar refractivity (Wildman–Crippen MR) is 124 cm³/mol. The Bertz CT molecular complexity index is 1180. The van der Waals surface area contributed by atoms with Gasteiger partial charge in [0.1, 0.15) is 11.9 Å². The third kappa shape index (κ3) is 4.47. The molecule has 1 aromatic carbocycles. The zero-order valence-electron chi connectivity index (χ0n) is 18.5. The van der Waals surface area contributed by atoms with Crippen LogP contribution in [0.25, 0.3) is 10.2 Å². The van der Waals surface area contributed by atoms with Crippen LogP contribution < -0.4 is 16.0 Å². The highest BCUT2D eigenvalue weighted by molar-refractivity contribution is 7.16. The molecule has 0 saturated heterocycles. The second-order valence-corrected chi connectivity index (χ2v) is 9.34. The van der Waals surface area contributed by atoms with Crippen molar-refractivity contribution in [3.8, 4) is 0 Å². The number of thiazole rings is 1. The Morgan fingerprint density at radius 1 is 1.27 bits per heavy atom. The van der Waals surface area contributed by atoms with Gasteiger partial charge in [0.05, 0.1) is 21.3 Å². The van der Waals surface area contributed by atoms with Crippen molar-refractivity contribution >= 4 is 44.8 Å². The summed E-state index contributed by atoms with van der Waals surface area (Å²) >= 11 is 1.44. The van der Waals surface area contributed by atoms with Crippen molar-refractivity contribution in [1.82, 2.24) is 14.9 Å². The third-order valence-electron chi connectivity index (χ3n) is 6.04. The molecule has 1 aliphatic rings. The molecule has 2 atom stereocenters. The number of halogens is 3. The molecule has 3 N–H and O–H groups in total. The van der Waals surface area contributed by atoms with Crippen molar-refractivity contribution in [3.63, 3.8) is 0 Å². The molecule has 0 bridgehead atoms. The van der Waals surface area contributed by atoms with Crippen molar-refractivity contribution in [2.45, 2.75) is 37.3 Å². The van der Waals surface area contributed by atoms with E-state index in [2.05, 4.69) is 15.3 Å². The SMILES string of the molecule is CN(C)C1CCCC(F)(F)C1N(C)c1nc(Nc2ccc3ncsc3c2)c(C(N)=O)cc1F. The molecule has 1 fully saturated rings. The van der Waals surface area contributed by atoms with Gasteiger partial charge in [-0.25, -0.2) is 23.1 Å². The lowest BCUT2D eigenvalue weighted by atomic mass is 9.85. The van der Waals surface area contributed by atoms with E-state index in [1.165, 1.54) is 23.3 Å². The first-order chi connectivity index (χ1) is 15.6. The predicted octanol–water partition coefficient (Wildman–Crippen LogP) is 4.23. The molecule has 0 radical (unpaired) electrons. The topological polar surface area (TPSA) is 87.4 Å². The molecule has 1 aliphatic carbocycles. The summed E-state index contributed by atoms with van der Waals surface area (Å²) < 4.78 is 46.0. The number of nitrogens with two attached hydrogens (primary N) is 1. The van der Waals surface area contributed by atoms with Crippen LogP contribution in [-0.4, -0.2) is 59.9 Å². The number of nitrogens with zero attached hydrogens (tertiary/aromatic N) is 4. The van der Waals surface area contributed by atoms with E-state index in [4.69, 9.17) is 5.73 Å². The number of aromatic nitrogens is 2. The molecule has 0 aliphatic heterocycles. The molecule has 1 amide bonds. The van der Waals surface area contributed by atoms with Crippen molar-refractivity contribution in [2.24, 2.45) is 5.73 Å². The second kappa shape index (κ2) is 8.79. The van der Waals surface area contributed by atoms with Crippen LogP contribution in [0, 0.1) is 5.82 Å². The molecule has 11 heteroatoms. The Hall–Kier alpha value is -2.92. The Balaban J connectivity index is 1.76. The van der Waals surface area contributed by atoms with E-state index >= 15 is 13.2 Å². The van der Waals surface area contributed by atoms with E-state index in [1.807, 2.05) is 6.07 Å². The van der Waals surface area contributed by atoms with Gasteiger partial charge in [0.25, 0.3) is 11.8 Å². The zero-order valence-corrected chi connectivity index (χ0v) is 19.3. The van der Waals surface area contributed by atoms with Crippen LogP contribution in [0.2, 0.25) is 0 Å². The molecule has 2 aromatic heterocycles. The van der Waals surface area contributed by atoms with Crippen LogP contribution in [0.3, 0.4) is 0 Å². The van der Waals surface area contributed by atoms with E-state index in [1.54, 1.807) is 36.6 Å². The largest absolute Gasteiger partial charge is 0.365 e. The van der Waals surface area contributed by atoms with Gasteiger partial charge in [-0.15, -0.1) is 11.3 Å². The van der Waals surface area contributed by atoms with Crippen molar-refractivity contribution in [1.29, 1.82) is 0 Å². The summed E-state index contributed by atoms with van der Waals surface area (Å²) in [7, 11) is 4.87. The molecular formula is C22H25F3N6OS. The van der Waals surface area contributed by atoms with Crippen LogP contribution in [0.1, 0.15) is 29.6 Å². The van der Waals surface area contributed by atoms with Crippen molar-refractivity contribution in [3.05, 3.63) is 41.2 Å². The number of nitrogens with one attached hydrogen (secondary N) is 1. The lowest BCUT2D eigenvalue weighted by Crippen LogP contribution is -2.60. The zero-order chi connectivity index (χ0) is 23.9. The normalized spacial score (nSPS) is 20.2. The van der Waals surface area contributed by atoms with Gasteiger partial charge in [-0.3, -0.25) is 4.79 Å². The summed E-state index contributed by atoms with van der Waals surface area (Å²) in [5, 5.41) is 2.99. The molecule has 1 saturated carbocycles. The first-order valence-corrected chi connectivity index (χ1v) is 11.3. The average Bonchev–Trinajstić information content (AvgIpc) is 3.21. The Morgan fingerprint density at radius 2 is 2.03 bits per heavy atom. The molecule has 4 rings (SSSR count). The van der Waals surface area contributed by atoms with Gasteiger partial charge in [-0.05, 0) is 51.2 Å². The number of pyridine rings is 1. The van der Waals surface area contributed by atoms with E-state index in [9.17, 15) is 4.79 Å². The smallest absolute Gasteiger partial charge is 0.269 e. The molecule has 2 unspecified atom stereocenters. The summed E-state index contributed by atoms with van der Waals surface area (Å²) in [6.07, 6.45) is 0.648. The van der Waals surface area contributed by atoms with Crippen LogP contribution >= 0.6 is 11.3 Å². The molecule has 7 nitrogen and oxygen atoms in total. The summed E-state index contributed by atoms with van der Waals surface area (Å²) in [5.74, 6) is -5.10. The third-order valence-corrected chi connectivity index (χ3v) is 6.83. The van der Waals surface area contributed by atoms with E-state index in [0.29, 0.717) is 18.5 Å². The number of carbonyl (C=O) groups excluding carboxylic acids is 1. The van der Waals surface area contributed by atoms with Gasteiger partial charge in [-0.1, -0.05) is 0 Å². The number of fused-ring (bicyclic) bond motifs is 1. The maximum absolute atomic E-state index is 15.1. The highest BCUT2D eigenvalue weighted by atomic mass is 32.1. The van der Waals surface area contributed by atoms with Crippen molar-refractivity contribution < 1.29 is 18.0 Å². The summed E-state index contributed by atoms with van der Waals surface area (Å²) in [4.78, 5) is 23.4. The lowest BCUT2D eigenvalue weighted by molar-refractivity contribution is -0.0778. The maximum Gasteiger partial charge on any atom is 0.269 e. The number of alkyl halides is 2. The minimum atomic E-state index is -3.04. The molecule has 2 heterocycles. The lowest BCUT2D eigenvalue weighted by Gasteiger charge is -2.46. The van der Waals surface area contributed by atoms with E-state index < -0.39 is 29.7 Å². The summed E-state index contributed by atoms with van der Waals surface area (Å²) in [6.45, 7) is 0. The summed E-state index contributed by atoms with van der Waals surface area (Å²) in [6, 6.07) is 4.49. The second-order valence-electron chi connectivity index (χ2n) is 8.45. The highest BCUT2D eigenvalue weighted by Crippen LogP contribution is 2.40. The van der Waals surface area contributed by atoms with Gasteiger partial charge in [0.2, 0.25) is 0 Å². The molecule has 33 heavy (non-hydrogen) atoms. The average molecular weight is 479 g/mol. The number of rotatable bonds is 6. The minimum Gasteiger partial charge on any atom is -0.365 e. The fourth-order valence-electron chi connectivity index (χ4n) is 4.43. The molecule has 176 valence electrons. The number of benzene rings is 1. The number of hydrogen-bond acceptors (Lipinski definition) is 7. The van der Waals surface area contributed by atoms with Gasteiger partial charge >= 0.3 is 0 Å². The van der Waals surface area contributed by atoms with Gasteiger partial charge < -0.3 is 20.9 Å². The highest BCUT2D eigenvalue weighted by Gasteiger charge is 2.50. The summed E-state index contributed by atoms with van der Waals surface area (Å²) in [5.41, 5.74) is 8.37. The van der Waals surface area contributed by atoms with Crippen LogP contribution in [0.4, 0.5) is 30.5 Å². The number of hydrogen-bond donors (Lipinski definition) is 2. The van der Waals surface area contributed by atoms with Gasteiger partial charge in [0, 0.05) is 25.2 Å². The van der Waals surface area contributed by atoms with Crippen LogP contribution in [0.15, 0.2) is 29.8 Å². The van der Waals surface area contributed by atoms with Crippen LogP contribution in [0.5, 0.6) is 0 Å². The van der Waals surface area contributed by atoms with Gasteiger partial charge in [0.15, 0.2) is 11.6 Å². The number of likely N-dealkylation sites (N-methyl/N-ethyl adjacent to an activating group) is 2. The number of anilines is 3. The first kappa shape index (κ1) is 23.2. The first-order valence-electron chi connectivity index (χ1n) is 10.5. The molecule has 3 aromatic rings. The molecular weight excluding hydrogens is 453 g/mol. The Labute approximate surface area is 193 Å². The number of primary amides is 1. The molecule has 0 spiro atoms. The van der Waals surface area contributed by atoms with Gasteiger partial charge in [-0.2, -0.15) is 0 Å². The quantitative estimate of drug-likeness (QED) is 0.552. The van der Waals surface area contributed by atoms with E-state index in [-0.39, 0.29) is 23.6 Å². The van der Waals surface area contributed by atoms with E-state index in [0.717, 1.165) is 16.3 Å². The van der Waals surface area contributed by atoms with Crippen molar-refractivity contribution in [2.75, 3.05) is 31.4 Å². The Morgan fingerprint density at radius 3 is 2.73 bits per heavy atom. The fourth-order valence-corrected chi connectivity index (χ4v) is 5.14. The number of carbonyl (C=O) groups is 1. The fraction of sp³-hybridized carbons (Fsp3) is 0.409. The number of amides is 1. The van der Waals surface area contributed by atoms with Crippen LogP contribution in [-0.2, 0) is 0 Å².